The van der Waals surface area contributed by atoms with Crippen LogP contribution in [0, 0.1) is 0 Å². The first kappa shape index (κ1) is 17.3. The van der Waals surface area contributed by atoms with Crippen molar-refractivity contribution in [2.45, 2.75) is 51.9 Å². The van der Waals surface area contributed by atoms with Gasteiger partial charge in [0.2, 0.25) is 5.88 Å². The molecule has 120 valence electrons. The SMILES string of the molecule is Cn1nc(OC(C)(C)C(=O)NC(C)(C)C)cc1C(F)(F)F. The molecule has 0 fully saturated rings. The first-order chi connectivity index (χ1) is 9.22. The molecule has 1 N–H and O–H groups in total. The largest absolute Gasteiger partial charge is 0.460 e. The van der Waals surface area contributed by atoms with Gasteiger partial charge in [-0.05, 0) is 34.6 Å². The van der Waals surface area contributed by atoms with E-state index in [9.17, 15) is 18.0 Å². The molecule has 0 aliphatic heterocycles. The Hall–Kier alpha value is -1.73. The van der Waals surface area contributed by atoms with Crippen LogP contribution in [0.25, 0.3) is 0 Å². The number of nitrogens with one attached hydrogen (secondary N) is 1. The van der Waals surface area contributed by atoms with Crippen LogP contribution >= 0.6 is 0 Å². The fraction of sp³-hybridized carbons (Fsp3) is 0.692. The Bertz CT molecular complexity index is 528. The predicted molar refractivity (Wildman–Crippen MR) is 70.8 cm³/mol. The molecule has 1 amide bonds. The predicted octanol–water partition coefficient (Wildman–Crippen LogP) is 2.51. The lowest BCUT2D eigenvalue weighted by molar-refractivity contribution is -0.143. The summed E-state index contributed by atoms with van der Waals surface area (Å²) in [6, 6.07) is 0.770. The number of amides is 1. The lowest BCUT2D eigenvalue weighted by Crippen LogP contribution is -2.52. The van der Waals surface area contributed by atoms with Crippen LogP contribution in [-0.4, -0.2) is 26.8 Å². The first-order valence-electron chi connectivity index (χ1n) is 6.35. The molecule has 8 heteroatoms. The lowest BCUT2D eigenvalue weighted by Gasteiger charge is -2.29. The normalized spacial score (nSPS) is 13.2. The molecule has 0 aliphatic carbocycles. The highest BCUT2D eigenvalue weighted by molar-refractivity contribution is 5.85. The zero-order chi connectivity index (χ0) is 16.6. The van der Waals surface area contributed by atoms with Crippen LogP contribution in [0.4, 0.5) is 13.2 Å². The topological polar surface area (TPSA) is 56.2 Å². The van der Waals surface area contributed by atoms with Gasteiger partial charge < -0.3 is 10.1 Å². The molecule has 0 bridgehead atoms. The Kier molecular flexibility index (Phi) is 4.32. The zero-order valence-corrected chi connectivity index (χ0v) is 12.9. The summed E-state index contributed by atoms with van der Waals surface area (Å²) < 4.78 is 44.0. The van der Waals surface area contributed by atoms with E-state index >= 15 is 0 Å². The maximum Gasteiger partial charge on any atom is 0.433 e. The maximum atomic E-state index is 12.7. The molecule has 1 heterocycles. The lowest BCUT2D eigenvalue weighted by atomic mass is 10.0. The third-order valence-corrected chi connectivity index (χ3v) is 2.54. The van der Waals surface area contributed by atoms with E-state index in [2.05, 4.69) is 10.4 Å². The molecule has 0 saturated carbocycles. The maximum absolute atomic E-state index is 12.7. The fourth-order valence-electron chi connectivity index (χ4n) is 1.56. The number of nitrogens with zero attached hydrogens (tertiary/aromatic N) is 2. The number of rotatable bonds is 3. The minimum Gasteiger partial charge on any atom is -0.460 e. The van der Waals surface area contributed by atoms with Gasteiger partial charge in [-0.15, -0.1) is 5.10 Å². The summed E-state index contributed by atoms with van der Waals surface area (Å²) in [6.45, 7) is 8.32. The molecule has 1 aromatic heterocycles. The molecular formula is C13H20F3N3O2. The van der Waals surface area contributed by atoms with E-state index in [-0.39, 0.29) is 5.88 Å². The van der Waals surface area contributed by atoms with Crippen molar-refractivity contribution in [2.24, 2.45) is 7.05 Å². The molecule has 0 atom stereocenters. The fourth-order valence-corrected chi connectivity index (χ4v) is 1.56. The van der Waals surface area contributed by atoms with Gasteiger partial charge in [0, 0.05) is 18.7 Å². The summed E-state index contributed by atoms with van der Waals surface area (Å²) in [7, 11) is 1.16. The summed E-state index contributed by atoms with van der Waals surface area (Å²) in [5, 5.41) is 6.35. The van der Waals surface area contributed by atoms with Crippen molar-refractivity contribution in [1.82, 2.24) is 15.1 Å². The molecule has 0 aromatic carbocycles. The Morgan fingerprint density at radius 1 is 1.24 bits per heavy atom. The van der Waals surface area contributed by atoms with Gasteiger partial charge in [0.05, 0.1) is 0 Å². The molecular weight excluding hydrogens is 287 g/mol. The van der Waals surface area contributed by atoms with E-state index in [4.69, 9.17) is 4.74 Å². The Morgan fingerprint density at radius 3 is 2.14 bits per heavy atom. The van der Waals surface area contributed by atoms with Crippen molar-refractivity contribution in [3.8, 4) is 5.88 Å². The van der Waals surface area contributed by atoms with Gasteiger partial charge in [-0.3, -0.25) is 9.48 Å². The monoisotopic (exact) mass is 307 g/mol. The van der Waals surface area contributed by atoms with Crippen LogP contribution < -0.4 is 10.1 Å². The van der Waals surface area contributed by atoms with Crippen molar-refractivity contribution < 1.29 is 22.7 Å². The van der Waals surface area contributed by atoms with Crippen molar-refractivity contribution in [1.29, 1.82) is 0 Å². The molecule has 0 radical (unpaired) electrons. The Morgan fingerprint density at radius 2 is 1.76 bits per heavy atom. The minimum atomic E-state index is -4.53. The van der Waals surface area contributed by atoms with Crippen LogP contribution in [0.5, 0.6) is 5.88 Å². The molecule has 0 unspecified atom stereocenters. The second kappa shape index (κ2) is 5.23. The highest BCUT2D eigenvalue weighted by Gasteiger charge is 2.37. The third kappa shape index (κ3) is 4.64. The average molecular weight is 307 g/mol. The number of hydrogen-bond acceptors (Lipinski definition) is 3. The number of aryl methyl sites for hydroxylation is 1. The minimum absolute atomic E-state index is 0.251. The number of aromatic nitrogens is 2. The number of hydrogen-bond donors (Lipinski definition) is 1. The van der Waals surface area contributed by atoms with Crippen LogP contribution in [-0.2, 0) is 18.0 Å². The van der Waals surface area contributed by atoms with Crippen LogP contribution in [0.15, 0.2) is 6.07 Å². The quantitative estimate of drug-likeness (QED) is 0.933. The van der Waals surface area contributed by atoms with Crippen molar-refractivity contribution in [2.75, 3.05) is 0 Å². The second-order valence-electron chi connectivity index (χ2n) is 6.31. The molecule has 1 aromatic rings. The third-order valence-electron chi connectivity index (χ3n) is 2.54. The summed E-state index contributed by atoms with van der Waals surface area (Å²) in [6.07, 6.45) is -4.53. The van der Waals surface area contributed by atoms with Crippen molar-refractivity contribution in [3.05, 3.63) is 11.8 Å². The van der Waals surface area contributed by atoms with Crippen LogP contribution in [0.2, 0.25) is 0 Å². The summed E-state index contributed by atoms with van der Waals surface area (Å²) in [5.74, 6) is -0.687. The molecule has 0 spiro atoms. The van der Waals surface area contributed by atoms with E-state index in [0.717, 1.165) is 13.1 Å². The van der Waals surface area contributed by atoms with Gasteiger partial charge in [0.15, 0.2) is 5.60 Å². The molecule has 0 aliphatic rings. The van der Waals surface area contributed by atoms with E-state index < -0.39 is 28.9 Å². The molecule has 5 nitrogen and oxygen atoms in total. The number of carbonyl (C=O) groups excluding carboxylic acids is 1. The van der Waals surface area contributed by atoms with Gasteiger partial charge >= 0.3 is 6.18 Å². The van der Waals surface area contributed by atoms with Crippen LogP contribution in [0.3, 0.4) is 0 Å². The van der Waals surface area contributed by atoms with Crippen molar-refractivity contribution in [3.63, 3.8) is 0 Å². The standard InChI is InChI=1S/C13H20F3N3O2/c1-11(2,3)17-10(20)12(4,5)21-9-7-8(13(14,15)16)19(6)18-9/h7H,1-6H3,(H,17,20). The van der Waals surface area contributed by atoms with E-state index in [1.54, 1.807) is 20.8 Å². The Labute approximate surface area is 121 Å². The van der Waals surface area contributed by atoms with E-state index in [1.807, 2.05) is 0 Å². The number of ether oxygens (including phenoxy) is 1. The highest BCUT2D eigenvalue weighted by Crippen LogP contribution is 2.31. The second-order valence-corrected chi connectivity index (χ2v) is 6.31. The summed E-state index contributed by atoms with van der Waals surface area (Å²) in [5.41, 5.74) is -2.76. The number of halogens is 3. The Balaban J connectivity index is 2.92. The average Bonchev–Trinajstić information content (AvgIpc) is 2.55. The number of alkyl halides is 3. The van der Waals surface area contributed by atoms with Gasteiger partial charge in [-0.2, -0.15) is 13.2 Å². The summed E-state index contributed by atoms with van der Waals surface area (Å²) in [4.78, 5) is 12.1. The van der Waals surface area contributed by atoms with Gasteiger partial charge in [0.1, 0.15) is 5.69 Å². The van der Waals surface area contributed by atoms with Gasteiger partial charge in [-0.25, -0.2) is 0 Å². The van der Waals surface area contributed by atoms with Gasteiger partial charge in [0.25, 0.3) is 5.91 Å². The first-order valence-corrected chi connectivity index (χ1v) is 6.35. The number of carbonyl (C=O) groups is 1. The molecule has 0 saturated heterocycles. The van der Waals surface area contributed by atoms with E-state index in [1.165, 1.54) is 13.8 Å². The molecule has 1 rings (SSSR count). The van der Waals surface area contributed by atoms with Crippen molar-refractivity contribution >= 4 is 5.91 Å². The van der Waals surface area contributed by atoms with Gasteiger partial charge in [-0.1, -0.05) is 0 Å². The van der Waals surface area contributed by atoms with Crippen LogP contribution in [0.1, 0.15) is 40.3 Å². The molecule has 21 heavy (non-hydrogen) atoms. The highest BCUT2D eigenvalue weighted by atomic mass is 19.4. The summed E-state index contributed by atoms with van der Waals surface area (Å²) >= 11 is 0. The zero-order valence-electron chi connectivity index (χ0n) is 12.9. The van der Waals surface area contributed by atoms with E-state index in [0.29, 0.717) is 4.68 Å². The smallest absolute Gasteiger partial charge is 0.433 e.